The number of rotatable bonds is 3. The van der Waals surface area contributed by atoms with Gasteiger partial charge >= 0.3 is 0 Å². The van der Waals surface area contributed by atoms with Crippen molar-refractivity contribution in [2.24, 2.45) is 5.41 Å². The van der Waals surface area contributed by atoms with Gasteiger partial charge in [-0.25, -0.2) is 0 Å². The van der Waals surface area contributed by atoms with Crippen molar-refractivity contribution in [2.45, 2.75) is 52.1 Å². The minimum absolute atomic E-state index is 0.585. The van der Waals surface area contributed by atoms with Crippen LogP contribution in [0.2, 0.25) is 0 Å². The largest absolute Gasteiger partial charge is 0.311 e. The number of hydrogen-bond donors (Lipinski definition) is 1. The van der Waals surface area contributed by atoms with Gasteiger partial charge in [0, 0.05) is 12.1 Å². The molecule has 1 saturated heterocycles. The minimum Gasteiger partial charge on any atom is -0.311 e. The third kappa shape index (κ3) is 2.29. The molecule has 2 nitrogen and oxygen atoms in total. The molecule has 2 heteroatoms. The van der Waals surface area contributed by atoms with E-state index in [0.717, 1.165) is 12.1 Å². The van der Waals surface area contributed by atoms with E-state index in [2.05, 4.69) is 31.0 Å². The van der Waals surface area contributed by atoms with Crippen molar-refractivity contribution in [1.29, 1.82) is 0 Å². The fourth-order valence-electron chi connectivity index (χ4n) is 2.45. The number of hydrogen-bond acceptors (Lipinski definition) is 2. The van der Waals surface area contributed by atoms with Crippen LogP contribution in [-0.2, 0) is 0 Å². The van der Waals surface area contributed by atoms with E-state index in [1.165, 1.54) is 38.9 Å². The molecule has 0 spiro atoms. The summed E-state index contributed by atoms with van der Waals surface area (Å²) in [6, 6.07) is 1.60. The SMILES string of the molecule is CCN1CCC(NC2CC2(C)C)CC1. The summed E-state index contributed by atoms with van der Waals surface area (Å²) in [7, 11) is 0. The Bertz CT molecular complexity index is 192. The standard InChI is InChI=1S/C12H24N2/c1-4-14-7-5-10(6-8-14)13-11-9-12(11,2)3/h10-11,13H,4-9H2,1-3H3. The molecule has 82 valence electrons. The van der Waals surface area contributed by atoms with Crippen molar-refractivity contribution in [3.63, 3.8) is 0 Å². The summed E-state index contributed by atoms with van der Waals surface area (Å²) in [6.07, 6.45) is 4.07. The van der Waals surface area contributed by atoms with Crippen LogP contribution in [0.3, 0.4) is 0 Å². The van der Waals surface area contributed by atoms with Gasteiger partial charge in [-0.1, -0.05) is 20.8 Å². The lowest BCUT2D eigenvalue weighted by Crippen LogP contribution is -2.43. The van der Waals surface area contributed by atoms with E-state index in [0.29, 0.717) is 5.41 Å². The summed E-state index contributed by atoms with van der Waals surface area (Å²) < 4.78 is 0. The van der Waals surface area contributed by atoms with Gasteiger partial charge < -0.3 is 10.2 Å². The third-order valence-electron chi connectivity index (χ3n) is 3.99. The van der Waals surface area contributed by atoms with Crippen molar-refractivity contribution in [3.8, 4) is 0 Å². The topological polar surface area (TPSA) is 15.3 Å². The first-order chi connectivity index (χ1) is 6.62. The Labute approximate surface area is 88.1 Å². The Morgan fingerprint density at radius 1 is 1.29 bits per heavy atom. The normalized spacial score (nSPS) is 33.2. The van der Waals surface area contributed by atoms with Crippen LogP contribution in [0.15, 0.2) is 0 Å². The van der Waals surface area contributed by atoms with Crippen LogP contribution >= 0.6 is 0 Å². The highest BCUT2D eigenvalue weighted by Gasteiger charge is 2.46. The Morgan fingerprint density at radius 3 is 2.29 bits per heavy atom. The highest BCUT2D eigenvalue weighted by atomic mass is 15.1. The van der Waals surface area contributed by atoms with Gasteiger partial charge in [0.05, 0.1) is 0 Å². The Morgan fingerprint density at radius 2 is 1.86 bits per heavy atom. The Kier molecular flexibility index (Phi) is 2.85. The van der Waals surface area contributed by atoms with Gasteiger partial charge in [0.1, 0.15) is 0 Å². The highest BCUT2D eigenvalue weighted by Crippen LogP contribution is 2.45. The molecule has 0 amide bonds. The maximum absolute atomic E-state index is 3.80. The second-order valence-corrected chi connectivity index (χ2v) is 5.62. The molecule has 0 bridgehead atoms. The van der Waals surface area contributed by atoms with E-state index < -0.39 is 0 Å². The van der Waals surface area contributed by atoms with E-state index in [9.17, 15) is 0 Å². The molecule has 1 N–H and O–H groups in total. The van der Waals surface area contributed by atoms with Gasteiger partial charge in [0.2, 0.25) is 0 Å². The van der Waals surface area contributed by atoms with E-state index >= 15 is 0 Å². The van der Waals surface area contributed by atoms with Crippen LogP contribution < -0.4 is 5.32 Å². The number of nitrogens with one attached hydrogen (secondary N) is 1. The molecule has 1 unspecified atom stereocenters. The molecule has 1 atom stereocenters. The summed E-state index contributed by atoms with van der Waals surface area (Å²) in [5.41, 5.74) is 0.585. The Balaban J connectivity index is 1.69. The van der Waals surface area contributed by atoms with Gasteiger partial charge in [-0.15, -0.1) is 0 Å². The lowest BCUT2D eigenvalue weighted by molar-refractivity contribution is 0.203. The molecule has 0 aromatic rings. The van der Waals surface area contributed by atoms with Crippen molar-refractivity contribution in [1.82, 2.24) is 10.2 Å². The van der Waals surface area contributed by atoms with Crippen molar-refractivity contribution >= 4 is 0 Å². The van der Waals surface area contributed by atoms with Crippen LogP contribution in [0, 0.1) is 5.41 Å². The fraction of sp³-hybridized carbons (Fsp3) is 1.00. The fourth-order valence-corrected chi connectivity index (χ4v) is 2.45. The first kappa shape index (κ1) is 10.4. The lowest BCUT2D eigenvalue weighted by Gasteiger charge is -2.32. The first-order valence-corrected chi connectivity index (χ1v) is 6.10. The quantitative estimate of drug-likeness (QED) is 0.741. The van der Waals surface area contributed by atoms with E-state index in [-0.39, 0.29) is 0 Å². The summed E-state index contributed by atoms with van der Waals surface area (Å²) in [6.45, 7) is 10.8. The first-order valence-electron chi connectivity index (χ1n) is 6.10. The second kappa shape index (κ2) is 3.82. The zero-order chi connectivity index (χ0) is 10.2. The van der Waals surface area contributed by atoms with Gasteiger partial charge in [-0.05, 0) is 44.3 Å². The van der Waals surface area contributed by atoms with Crippen LogP contribution in [0.25, 0.3) is 0 Å². The summed E-state index contributed by atoms with van der Waals surface area (Å²) in [5.74, 6) is 0. The maximum Gasteiger partial charge on any atom is 0.0127 e. The molecule has 0 radical (unpaired) electrons. The molecule has 0 aromatic heterocycles. The molecular weight excluding hydrogens is 172 g/mol. The third-order valence-corrected chi connectivity index (χ3v) is 3.99. The number of piperidine rings is 1. The van der Waals surface area contributed by atoms with E-state index in [1.807, 2.05) is 0 Å². The van der Waals surface area contributed by atoms with Gasteiger partial charge in [-0.3, -0.25) is 0 Å². The van der Waals surface area contributed by atoms with Crippen LogP contribution in [0.1, 0.15) is 40.0 Å². The number of nitrogens with zero attached hydrogens (tertiary/aromatic N) is 1. The summed E-state index contributed by atoms with van der Waals surface area (Å²) in [4.78, 5) is 2.55. The van der Waals surface area contributed by atoms with Crippen LogP contribution in [-0.4, -0.2) is 36.6 Å². The second-order valence-electron chi connectivity index (χ2n) is 5.62. The zero-order valence-corrected chi connectivity index (χ0v) is 9.84. The summed E-state index contributed by atoms with van der Waals surface area (Å²) >= 11 is 0. The van der Waals surface area contributed by atoms with Gasteiger partial charge in [0.25, 0.3) is 0 Å². The van der Waals surface area contributed by atoms with Crippen LogP contribution in [0.5, 0.6) is 0 Å². The highest BCUT2D eigenvalue weighted by molar-refractivity contribution is 5.03. The smallest absolute Gasteiger partial charge is 0.0127 e. The van der Waals surface area contributed by atoms with Crippen molar-refractivity contribution < 1.29 is 0 Å². The molecule has 2 rings (SSSR count). The summed E-state index contributed by atoms with van der Waals surface area (Å²) in [5, 5.41) is 3.80. The monoisotopic (exact) mass is 196 g/mol. The predicted molar refractivity (Wildman–Crippen MR) is 60.5 cm³/mol. The molecule has 14 heavy (non-hydrogen) atoms. The van der Waals surface area contributed by atoms with E-state index in [4.69, 9.17) is 0 Å². The Hall–Kier alpha value is -0.0800. The average molecular weight is 196 g/mol. The zero-order valence-electron chi connectivity index (χ0n) is 9.84. The molecule has 1 heterocycles. The van der Waals surface area contributed by atoms with Gasteiger partial charge in [-0.2, -0.15) is 0 Å². The van der Waals surface area contributed by atoms with Crippen molar-refractivity contribution in [3.05, 3.63) is 0 Å². The molecule has 1 aliphatic carbocycles. The van der Waals surface area contributed by atoms with Crippen LogP contribution in [0.4, 0.5) is 0 Å². The lowest BCUT2D eigenvalue weighted by atomic mass is 10.0. The molecule has 1 saturated carbocycles. The predicted octanol–water partition coefficient (Wildman–Crippen LogP) is 1.86. The molecule has 1 aliphatic heterocycles. The molecular formula is C12H24N2. The van der Waals surface area contributed by atoms with E-state index in [1.54, 1.807) is 0 Å². The molecule has 0 aromatic carbocycles. The molecule has 2 fully saturated rings. The van der Waals surface area contributed by atoms with Crippen molar-refractivity contribution in [2.75, 3.05) is 19.6 Å². The average Bonchev–Trinajstić information content (AvgIpc) is 2.75. The molecule has 2 aliphatic rings. The minimum atomic E-state index is 0.585. The van der Waals surface area contributed by atoms with Gasteiger partial charge in [0.15, 0.2) is 0 Å². The maximum atomic E-state index is 3.80. The number of likely N-dealkylation sites (tertiary alicyclic amines) is 1.